The number of aryl methyl sites for hydroxylation is 1. The molecule has 1 N–H and O–H groups in total. The highest BCUT2D eigenvalue weighted by Crippen LogP contribution is 2.20. The summed E-state index contributed by atoms with van der Waals surface area (Å²) in [6.45, 7) is 1.26. The van der Waals surface area contributed by atoms with E-state index in [1.165, 1.54) is 0 Å². The van der Waals surface area contributed by atoms with Crippen LogP contribution in [0.5, 0.6) is 0 Å². The lowest BCUT2D eigenvalue weighted by molar-refractivity contribution is -0.132. The van der Waals surface area contributed by atoms with Gasteiger partial charge in [-0.3, -0.25) is 9.78 Å². The van der Waals surface area contributed by atoms with Crippen LogP contribution < -0.4 is 0 Å². The number of aliphatic hydroxyl groups excluding tert-OH is 1. The van der Waals surface area contributed by atoms with Crippen molar-refractivity contribution in [1.82, 2.24) is 14.8 Å². The topological polar surface area (TPSA) is 56.7 Å². The summed E-state index contributed by atoms with van der Waals surface area (Å²) in [6, 6.07) is 5.86. The molecule has 0 saturated carbocycles. The average Bonchev–Trinajstić information content (AvgIpc) is 2.77. The lowest BCUT2D eigenvalue weighted by atomic mass is 10.1. The Morgan fingerprint density at radius 2 is 2.30 bits per heavy atom. The summed E-state index contributed by atoms with van der Waals surface area (Å²) in [7, 11) is 3.97. The molecule has 20 heavy (non-hydrogen) atoms. The van der Waals surface area contributed by atoms with Crippen molar-refractivity contribution in [2.45, 2.75) is 31.4 Å². The highest BCUT2D eigenvalue weighted by Gasteiger charge is 2.33. The third-order valence-electron chi connectivity index (χ3n) is 3.61. The zero-order chi connectivity index (χ0) is 14.5. The molecular weight excluding hydrogens is 254 g/mol. The van der Waals surface area contributed by atoms with Gasteiger partial charge in [-0.15, -0.1) is 0 Å². The van der Waals surface area contributed by atoms with Crippen LogP contribution in [-0.4, -0.2) is 65.1 Å². The normalized spacial score (nSPS) is 22.5. The molecule has 1 aliphatic rings. The van der Waals surface area contributed by atoms with Gasteiger partial charge in [0.2, 0.25) is 5.91 Å². The van der Waals surface area contributed by atoms with Gasteiger partial charge in [0.25, 0.3) is 0 Å². The number of aromatic nitrogens is 1. The van der Waals surface area contributed by atoms with Crippen LogP contribution in [0.4, 0.5) is 0 Å². The van der Waals surface area contributed by atoms with E-state index >= 15 is 0 Å². The lowest BCUT2D eigenvalue weighted by Crippen LogP contribution is -2.41. The standard InChI is InChI=1S/C15H23N3O2/c1-17(2)10-13-9-14(19)11-18(13)15(20)7-6-12-5-3-4-8-16-12/h3-5,8,13-14,19H,6-7,9-11H2,1-2H3. The summed E-state index contributed by atoms with van der Waals surface area (Å²) in [5.74, 6) is 0.110. The molecule has 1 aliphatic heterocycles. The van der Waals surface area contributed by atoms with E-state index in [-0.39, 0.29) is 11.9 Å². The van der Waals surface area contributed by atoms with E-state index in [0.29, 0.717) is 25.8 Å². The van der Waals surface area contributed by atoms with Crippen LogP contribution in [0.1, 0.15) is 18.5 Å². The van der Waals surface area contributed by atoms with E-state index in [0.717, 1.165) is 12.2 Å². The first-order valence-electron chi connectivity index (χ1n) is 7.08. The molecule has 1 aromatic heterocycles. The van der Waals surface area contributed by atoms with Crippen LogP contribution in [0.15, 0.2) is 24.4 Å². The first-order chi connectivity index (χ1) is 9.56. The summed E-state index contributed by atoms with van der Waals surface area (Å²) in [5.41, 5.74) is 0.935. The van der Waals surface area contributed by atoms with Crippen LogP contribution in [0.3, 0.4) is 0 Å². The minimum atomic E-state index is -0.390. The van der Waals surface area contributed by atoms with Gasteiger partial charge in [-0.1, -0.05) is 6.07 Å². The number of likely N-dealkylation sites (tertiary alicyclic amines) is 1. The quantitative estimate of drug-likeness (QED) is 0.853. The fourth-order valence-corrected chi connectivity index (χ4v) is 2.72. The van der Waals surface area contributed by atoms with Crippen molar-refractivity contribution in [2.24, 2.45) is 0 Å². The van der Waals surface area contributed by atoms with E-state index in [2.05, 4.69) is 9.88 Å². The zero-order valence-electron chi connectivity index (χ0n) is 12.2. The zero-order valence-corrected chi connectivity index (χ0v) is 12.2. The number of carbonyl (C=O) groups excluding carboxylic acids is 1. The molecular formula is C15H23N3O2. The molecule has 110 valence electrons. The van der Waals surface area contributed by atoms with Crippen LogP contribution in [-0.2, 0) is 11.2 Å². The Morgan fingerprint density at radius 3 is 2.95 bits per heavy atom. The van der Waals surface area contributed by atoms with E-state index in [1.54, 1.807) is 6.20 Å². The lowest BCUT2D eigenvalue weighted by Gasteiger charge is -2.26. The molecule has 1 amide bonds. The second-order valence-electron chi connectivity index (χ2n) is 5.67. The molecule has 0 aliphatic carbocycles. The van der Waals surface area contributed by atoms with Crippen LogP contribution >= 0.6 is 0 Å². The maximum absolute atomic E-state index is 12.3. The fraction of sp³-hybridized carbons (Fsp3) is 0.600. The Balaban J connectivity index is 1.90. The minimum Gasteiger partial charge on any atom is -0.391 e. The van der Waals surface area contributed by atoms with Crippen molar-refractivity contribution in [3.63, 3.8) is 0 Å². The Kier molecular flexibility index (Phi) is 5.09. The molecule has 0 radical (unpaired) electrons. The summed E-state index contributed by atoms with van der Waals surface area (Å²) in [6.07, 6.45) is 3.13. The predicted octanol–water partition coefficient (Wildman–Crippen LogP) is 0.538. The number of amides is 1. The Bertz CT molecular complexity index is 436. The number of β-amino-alcohol motifs (C(OH)–C–C–N with tert-alkyl or cyclic N) is 1. The van der Waals surface area contributed by atoms with Crippen molar-refractivity contribution in [1.29, 1.82) is 0 Å². The van der Waals surface area contributed by atoms with E-state index in [4.69, 9.17) is 0 Å². The van der Waals surface area contributed by atoms with Gasteiger partial charge < -0.3 is 14.9 Å². The monoisotopic (exact) mass is 277 g/mol. The van der Waals surface area contributed by atoms with Gasteiger partial charge in [0.15, 0.2) is 0 Å². The Morgan fingerprint density at radius 1 is 1.50 bits per heavy atom. The first kappa shape index (κ1) is 14.9. The predicted molar refractivity (Wildman–Crippen MR) is 77.2 cm³/mol. The molecule has 1 aromatic rings. The van der Waals surface area contributed by atoms with Gasteiger partial charge in [-0.05, 0) is 39.1 Å². The fourth-order valence-electron chi connectivity index (χ4n) is 2.72. The molecule has 5 heteroatoms. The van der Waals surface area contributed by atoms with Crippen molar-refractivity contribution in [3.05, 3.63) is 30.1 Å². The average molecular weight is 277 g/mol. The number of aliphatic hydroxyl groups is 1. The maximum Gasteiger partial charge on any atom is 0.223 e. The molecule has 2 rings (SSSR count). The summed E-state index contributed by atoms with van der Waals surface area (Å²) in [4.78, 5) is 20.4. The van der Waals surface area contributed by atoms with Gasteiger partial charge in [-0.2, -0.15) is 0 Å². The Labute approximate surface area is 120 Å². The number of rotatable bonds is 5. The van der Waals surface area contributed by atoms with Gasteiger partial charge in [0.1, 0.15) is 0 Å². The molecule has 5 nitrogen and oxygen atoms in total. The number of likely N-dealkylation sites (N-methyl/N-ethyl adjacent to an activating group) is 1. The molecule has 1 fully saturated rings. The van der Waals surface area contributed by atoms with E-state index in [9.17, 15) is 9.90 Å². The van der Waals surface area contributed by atoms with Crippen molar-refractivity contribution in [2.75, 3.05) is 27.2 Å². The third kappa shape index (κ3) is 4.02. The summed E-state index contributed by atoms with van der Waals surface area (Å²) in [5, 5.41) is 9.79. The summed E-state index contributed by atoms with van der Waals surface area (Å²) >= 11 is 0. The van der Waals surface area contributed by atoms with E-state index in [1.807, 2.05) is 37.2 Å². The molecule has 0 bridgehead atoms. The highest BCUT2D eigenvalue weighted by atomic mass is 16.3. The minimum absolute atomic E-state index is 0.110. The van der Waals surface area contributed by atoms with Gasteiger partial charge in [0.05, 0.1) is 6.10 Å². The second-order valence-corrected chi connectivity index (χ2v) is 5.67. The number of nitrogens with zero attached hydrogens (tertiary/aromatic N) is 3. The number of pyridine rings is 1. The largest absolute Gasteiger partial charge is 0.391 e. The van der Waals surface area contributed by atoms with Crippen molar-refractivity contribution < 1.29 is 9.90 Å². The number of hydrogen-bond donors (Lipinski definition) is 1. The van der Waals surface area contributed by atoms with Crippen LogP contribution in [0, 0.1) is 0 Å². The molecule has 0 spiro atoms. The van der Waals surface area contributed by atoms with Gasteiger partial charge >= 0.3 is 0 Å². The first-order valence-corrected chi connectivity index (χ1v) is 7.08. The smallest absolute Gasteiger partial charge is 0.223 e. The number of hydrogen-bond acceptors (Lipinski definition) is 4. The van der Waals surface area contributed by atoms with Crippen LogP contribution in [0.25, 0.3) is 0 Å². The maximum atomic E-state index is 12.3. The molecule has 2 atom stereocenters. The van der Waals surface area contributed by atoms with Crippen molar-refractivity contribution in [3.8, 4) is 0 Å². The molecule has 0 aromatic carbocycles. The van der Waals surface area contributed by atoms with Gasteiger partial charge in [-0.25, -0.2) is 0 Å². The molecule has 1 saturated heterocycles. The number of carbonyl (C=O) groups is 1. The molecule has 2 heterocycles. The summed E-state index contributed by atoms with van der Waals surface area (Å²) < 4.78 is 0. The third-order valence-corrected chi connectivity index (χ3v) is 3.61. The SMILES string of the molecule is CN(C)CC1CC(O)CN1C(=O)CCc1ccccn1. The van der Waals surface area contributed by atoms with Gasteiger partial charge in [0, 0.05) is 37.4 Å². The van der Waals surface area contributed by atoms with Crippen molar-refractivity contribution >= 4 is 5.91 Å². The second kappa shape index (κ2) is 6.81. The molecule has 2 unspecified atom stereocenters. The van der Waals surface area contributed by atoms with E-state index < -0.39 is 6.10 Å². The highest BCUT2D eigenvalue weighted by molar-refractivity contribution is 5.77. The van der Waals surface area contributed by atoms with Crippen LogP contribution in [0.2, 0.25) is 0 Å². The Hall–Kier alpha value is -1.46.